The van der Waals surface area contributed by atoms with Gasteiger partial charge < -0.3 is 0 Å². The summed E-state index contributed by atoms with van der Waals surface area (Å²) in [5, 5.41) is 5.03. The zero-order valence-corrected chi connectivity index (χ0v) is 8.75. The summed E-state index contributed by atoms with van der Waals surface area (Å²) in [4.78, 5) is 4.11. The minimum absolute atomic E-state index is 0.621. The molecule has 0 fully saturated rings. The van der Waals surface area contributed by atoms with Gasteiger partial charge in [-0.2, -0.15) is 0 Å². The fraction of sp³-hybridized carbons (Fsp3) is 0. The predicted octanol–water partition coefficient (Wildman–Crippen LogP) is 3.92. The Bertz CT molecular complexity index is 412. The Morgan fingerprint density at radius 1 is 1.31 bits per heavy atom. The average molecular weight is 229 g/mol. The molecule has 0 aliphatic heterocycles. The Balaban J connectivity index is 2.53. The van der Waals surface area contributed by atoms with Crippen molar-refractivity contribution in [2.75, 3.05) is 0 Å². The topological polar surface area (TPSA) is 12.9 Å². The van der Waals surface area contributed by atoms with Crippen molar-refractivity contribution in [2.24, 2.45) is 0 Å². The first-order valence-corrected chi connectivity index (χ1v) is 5.12. The van der Waals surface area contributed by atoms with E-state index in [-0.39, 0.29) is 0 Å². The van der Waals surface area contributed by atoms with Crippen LogP contribution < -0.4 is 0 Å². The number of halogens is 2. The molecular formula is C9H4Cl2NS. The molecule has 1 aromatic heterocycles. The maximum absolute atomic E-state index is 5.99. The standard InChI is InChI=1S/C9H4Cl2NS/c10-6-1-2-7(8(11)5-6)9-12-3-4-13-9/h1-3,5H. The van der Waals surface area contributed by atoms with Crippen molar-refractivity contribution >= 4 is 34.5 Å². The second kappa shape index (κ2) is 3.66. The molecule has 2 aromatic rings. The minimum Gasteiger partial charge on any atom is -0.244 e. The van der Waals surface area contributed by atoms with Crippen LogP contribution in [0.1, 0.15) is 0 Å². The monoisotopic (exact) mass is 228 g/mol. The highest BCUT2D eigenvalue weighted by Crippen LogP contribution is 2.30. The summed E-state index contributed by atoms with van der Waals surface area (Å²) in [6.45, 7) is 0. The van der Waals surface area contributed by atoms with Crippen molar-refractivity contribution in [2.45, 2.75) is 0 Å². The van der Waals surface area contributed by atoms with Gasteiger partial charge in [0.25, 0.3) is 0 Å². The van der Waals surface area contributed by atoms with Gasteiger partial charge in [0.05, 0.1) is 10.4 Å². The Labute approximate surface area is 90.0 Å². The zero-order valence-electron chi connectivity index (χ0n) is 6.42. The second-order valence-corrected chi connectivity index (χ2v) is 4.08. The first kappa shape index (κ1) is 9.00. The SMILES string of the molecule is Clc1ccc(-c2nc[c]s2)c(Cl)c1. The molecule has 65 valence electrons. The quantitative estimate of drug-likeness (QED) is 0.722. The van der Waals surface area contributed by atoms with Gasteiger partial charge in [-0.1, -0.05) is 23.2 Å². The van der Waals surface area contributed by atoms with Crippen LogP contribution in [0, 0.1) is 5.38 Å². The van der Waals surface area contributed by atoms with Crippen LogP contribution in [0.3, 0.4) is 0 Å². The Kier molecular flexibility index (Phi) is 2.54. The summed E-state index contributed by atoms with van der Waals surface area (Å²) < 4.78 is 0. The second-order valence-electron chi connectivity index (χ2n) is 2.41. The molecule has 13 heavy (non-hydrogen) atoms. The van der Waals surface area contributed by atoms with E-state index in [9.17, 15) is 0 Å². The van der Waals surface area contributed by atoms with Crippen molar-refractivity contribution in [3.63, 3.8) is 0 Å². The largest absolute Gasteiger partial charge is 0.244 e. The fourth-order valence-electron chi connectivity index (χ4n) is 0.981. The maximum Gasteiger partial charge on any atom is 0.125 e. The van der Waals surface area contributed by atoms with Crippen LogP contribution in [0.4, 0.5) is 0 Å². The smallest absolute Gasteiger partial charge is 0.125 e. The molecule has 0 saturated heterocycles. The fourth-order valence-corrected chi connectivity index (χ4v) is 2.15. The Hall–Kier alpha value is -0.570. The van der Waals surface area contributed by atoms with Gasteiger partial charge in [-0.05, 0) is 18.2 Å². The van der Waals surface area contributed by atoms with Gasteiger partial charge in [-0.25, -0.2) is 4.98 Å². The van der Waals surface area contributed by atoms with Crippen LogP contribution in [-0.2, 0) is 0 Å². The van der Waals surface area contributed by atoms with Crippen molar-refractivity contribution < 1.29 is 0 Å². The molecule has 1 nitrogen and oxygen atoms in total. The van der Waals surface area contributed by atoms with E-state index < -0.39 is 0 Å². The summed E-state index contributed by atoms with van der Waals surface area (Å²) >= 11 is 13.2. The molecule has 0 N–H and O–H groups in total. The van der Waals surface area contributed by atoms with E-state index in [1.807, 2.05) is 6.07 Å². The van der Waals surface area contributed by atoms with E-state index in [1.54, 1.807) is 18.3 Å². The Morgan fingerprint density at radius 3 is 2.77 bits per heavy atom. The molecule has 0 atom stereocenters. The van der Waals surface area contributed by atoms with Crippen molar-refractivity contribution in [1.29, 1.82) is 0 Å². The number of aromatic nitrogens is 1. The lowest BCUT2D eigenvalue weighted by Gasteiger charge is -1.99. The molecule has 2 rings (SSSR count). The molecule has 4 heteroatoms. The van der Waals surface area contributed by atoms with Crippen LogP contribution >= 0.6 is 34.5 Å². The molecule has 1 aromatic carbocycles. The average Bonchev–Trinajstić information content (AvgIpc) is 2.56. The molecule has 0 spiro atoms. The van der Waals surface area contributed by atoms with Gasteiger partial charge in [-0.15, -0.1) is 11.3 Å². The lowest BCUT2D eigenvalue weighted by Crippen LogP contribution is -1.77. The number of benzene rings is 1. The van der Waals surface area contributed by atoms with E-state index in [0.717, 1.165) is 10.6 Å². The maximum atomic E-state index is 5.99. The third-order valence-electron chi connectivity index (χ3n) is 1.55. The highest BCUT2D eigenvalue weighted by atomic mass is 35.5. The molecule has 0 amide bonds. The molecule has 0 unspecified atom stereocenters. The molecule has 1 heterocycles. The molecule has 0 bridgehead atoms. The van der Waals surface area contributed by atoms with E-state index in [0.29, 0.717) is 10.0 Å². The number of nitrogens with zero attached hydrogens (tertiary/aromatic N) is 1. The summed E-state index contributed by atoms with van der Waals surface area (Å²) in [5.74, 6) is 0. The van der Waals surface area contributed by atoms with Crippen molar-refractivity contribution in [3.05, 3.63) is 39.8 Å². The highest BCUT2D eigenvalue weighted by molar-refractivity contribution is 7.12. The van der Waals surface area contributed by atoms with Gasteiger partial charge in [0, 0.05) is 16.8 Å². The summed E-state index contributed by atoms with van der Waals surface area (Å²) in [7, 11) is 0. The number of rotatable bonds is 1. The molecule has 0 aliphatic carbocycles. The van der Waals surface area contributed by atoms with Crippen LogP contribution in [0.5, 0.6) is 0 Å². The third kappa shape index (κ3) is 1.85. The summed E-state index contributed by atoms with van der Waals surface area (Å²) in [5.41, 5.74) is 0.900. The number of hydrogen-bond acceptors (Lipinski definition) is 2. The van der Waals surface area contributed by atoms with E-state index >= 15 is 0 Å². The van der Waals surface area contributed by atoms with E-state index in [2.05, 4.69) is 10.4 Å². The van der Waals surface area contributed by atoms with E-state index in [1.165, 1.54) is 11.3 Å². The summed E-state index contributed by atoms with van der Waals surface area (Å²) in [6, 6.07) is 5.36. The number of hydrogen-bond donors (Lipinski definition) is 0. The van der Waals surface area contributed by atoms with Crippen LogP contribution in [-0.4, -0.2) is 4.98 Å². The van der Waals surface area contributed by atoms with Crippen LogP contribution in [0.2, 0.25) is 10.0 Å². The normalized spacial score (nSPS) is 10.3. The van der Waals surface area contributed by atoms with Crippen molar-refractivity contribution in [1.82, 2.24) is 4.98 Å². The van der Waals surface area contributed by atoms with Gasteiger partial charge in [0.1, 0.15) is 5.01 Å². The van der Waals surface area contributed by atoms with Gasteiger partial charge in [0.15, 0.2) is 0 Å². The molecular weight excluding hydrogens is 225 g/mol. The van der Waals surface area contributed by atoms with Crippen LogP contribution in [0.15, 0.2) is 24.4 Å². The third-order valence-corrected chi connectivity index (χ3v) is 2.84. The molecule has 1 radical (unpaired) electrons. The first-order valence-electron chi connectivity index (χ1n) is 3.54. The van der Waals surface area contributed by atoms with E-state index in [4.69, 9.17) is 23.2 Å². The van der Waals surface area contributed by atoms with Gasteiger partial charge in [-0.3, -0.25) is 0 Å². The summed E-state index contributed by atoms with van der Waals surface area (Å²) in [6.07, 6.45) is 1.63. The molecule has 0 saturated carbocycles. The lowest BCUT2D eigenvalue weighted by molar-refractivity contribution is 1.41. The zero-order chi connectivity index (χ0) is 9.26. The van der Waals surface area contributed by atoms with Gasteiger partial charge in [0.2, 0.25) is 0 Å². The number of thiazole rings is 1. The lowest BCUT2D eigenvalue weighted by atomic mass is 10.2. The predicted molar refractivity (Wildman–Crippen MR) is 56.4 cm³/mol. The molecule has 0 aliphatic rings. The first-order chi connectivity index (χ1) is 6.27. The Morgan fingerprint density at radius 2 is 2.15 bits per heavy atom. The minimum atomic E-state index is 0.621. The van der Waals surface area contributed by atoms with Gasteiger partial charge >= 0.3 is 0 Å². The van der Waals surface area contributed by atoms with Crippen LogP contribution in [0.25, 0.3) is 10.6 Å². The highest BCUT2D eigenvalue weighted by Gasteiger charge is 2.05. The van der Waals surface area contributed by atoms with Crippen molar-refractivity contribution in [3.8, 4) is 10.6 Å².